The van der Waals surface area contributed by atoms with Crippen LogP contribution in [-0.2, 0) is 11.2 Å². The number of nitrogens with zero attached hydrogens (tertiary/aromatic N) is 2. The second kappa shape index (κ2) is 7.61. The predicted octanol–water partition coefficient (Wildman–Crippen LogP) is 3.66. The number of pyridine rings is 1. The van der Waals surface area contributed by atoms with Gasteiger partial charge in [-0.1, -0.05) is 12.1 Å². The predicted molar refractivity (Wildman–Crippen MR) is 103 cm³/mol. The molecule has 0 radical (unpaired) electrons. The van der Waals surface area contributed by atoms with Gasteiger partial charge in [-0.3, -0.25) is 14.9 Å². The molecule has 0 spiro atoms. The van der Waals surface area contributed by atoms with Gasteiger partial charge in [-0.15, -0.1) is 0 Å². The topological polar surface area (TPSA) is 79.9 Å². The number of carbonyl (C=O) groups is 1. The lowest BCUT2D eigenvalue weighted by Crippen LogP contribution is -2.20. The Bertz CT molecular complexity index is 899. The smallest absolute Gasteiger partial charge is 0.229 e. The average Bonchev–Trinajstić information content (AvgIpc) is 3.10. The van der Waals surface area contributed by atoms with E-state index in [2.05, 4.69) is 32.6 Å². The zero-order valence-corrected chi connectivity index (χ0v) is 15.2. The van der Waals surface area contributed by atoms with Crippen LogP contribution in [0.4, 0.5) is 5.82 Å². The van der Waals surface area contributed by atoms with E-state index in [1.54, 1.807) is 7.11 Å². The number of rotatable bonds is 6. The normalized spacial score (nSPS) is 18.6. The molecule has 0 saturated heterocycles. The van der Waals surface area contributed by atoms with Crippen molar-refractivity contribution in [2.24, 2.45) is 0 Å². The Hall–Kier alpha value is -3.15. The molecule has 1 fully saturated rings. The number of nitrogens with one attached hydrogen (secondary N) is 2. The summed E-state index contributed by atoms with van der Waals surface area (Å²) >= 11 is 0. The van der Waals surface area contributed by atoms with Crippen LogP contribution in [0, 0.1) is 0 Å². The lowest BCUT2D eigenvalue weighted by molar-refractivity contribution is -0.115. The van der Waals surface area contributed by atoms with Crippen molar-refractivity contribution in [1.82, 2.24) is 15.2 Å². The van der Waals surface area contributed by atoms with Crippen LogP contribution in [-0.4, -0.2) is 28.2 Å². The van der Waals surface area contributed by atoms with Gasteiger partial charge in [0, 0.05) is 24.4 Å². The van der Waals surface area contributed by atoms with Crippen LogP contribution in [0.25, 0.3) is 0 Å². The maximum Gasteiger partial charge on any atom is 0.229 e. The molecule has 1 aliphatic carbocycles. The van der Waals surface area contributed by atoms with Gasteiger partial charge >= 0.3 is 0 Å². The molecule has 4 rings (SSSR count). The quantitative estimate of drug-likeness (QED) is 0.701. The van der Waals surface area contributed by atoms with Crippen LogP contribution < -0.4 is 10.1 Å². The summed E-state index contributed by atoms with van der Waals surface area (Å²) in [4.78, 5) is 16.3. The largest absolute Gasteiger partial charge is 0.497 e. The maximum absolute atomic E-state index is 12.2. The van der Waals surface area contributed by atoms with Gasteiger partial charge < -0.3 is 10.1 Å². The van der Waals surface area contributed by atoms with Gasteiger partial charge in [0.1, 0.15) is 11.6 Å². The minimum absolute atomic E-state index is 0.0707. The molecule has 2 heterocycles. The number of H-pyrrole nitrogens is 1. The molecule has 3 aromatic rings. The number of carbonyl (C=O) groups excluding carboxylic acids is 1. The zero-order valence-electron chi connectivity index (χ0n) is 15.2. The Labute approximate surface area is 158 Å². The summed E-state index contributed by atoms with van der Waals surface area (Å²) in [7, 11) is 1.62. The molecule has 138 valence electrons. The summed E-state index contributed by atoms with van der Waals surface area (Å²) in [5.41, 5.74) is 3.29. The highest BCUT2D eigenvalue weighted by atomic mass is 16.5. The number of hydrogen-bond acceptors (Lipinski definition) is 4. The van der Waals surface area contributed by atoms with Crippen molar-refractivity contribution in [3.63, 3.8) is 0 Å². The summed E-state index contributed by atoms with van der Waals surface area (Å²) in [5, 5.41) is 10.2. The van der Waals surface area contributed by atoms with Crippen LogP contribution in [0.5, 0.6) is 5.75 Å². The van der Waals surface area contributed by atoms with E-state index in [4.69, 9.17) is 4.74 Å². The summed E-state index contributed by atoms with van der Waals surface area (Å²) in [5.74, 6) is 2.37. The number of hydrogen-bond donors (Lipinski definition) is 2. The van der Waals surface area contributed by atoms with Crippen molar-refractivity contribution in [2.75, 3.05) is 12.4 Å². The summed E-state index contributed by atoms with van der Waals surface area (Å²) in [6, 6.07) is 13.6. The first-order valence-electron chi connectivity index (χ1n) is 9.09. The van der Waals surface area contributed by atoms with E-state index in [1.165, 1.54) is 5.56 Å². The Kier molecular flexibility index (Phi) is 4.87. The number of benzene rings is 1. The monoisotopic (exact) mass is 362 g/mol. The third kappa shape index (κ3) is 4.00. The minimum atomic E-state index is -0.0707. The molecule has 0 bridgehead atoms. The summed E-state index contributed by atoms with van der Waals surface area (Å²) < 4.78 is 5.13. The molecule has 1 saturated carbocycles. The lowest BCUT2D eigenvalue weighted by Gasteiger charge is -2.34. The average molecular weight is 362 g/mol. The second-order valence-electron chi connectivity index (χ2n) is 6.93. The Balaban J connectivity index is 1.30. The highest BCUT2D eigenvalue weighted by Crippen LogP contribution is 2.47. The van der Waals surface area contributed by atoms with Crippen LogP contribution in [0.3, 0.4) is 0 Å². The highest BCUT2D eigenvalue weighted by Gasteiger charge is 2.33. The van der Waals surface area contributed by atoms with E-state index in [-0.39, 0.29) is 5.91 Å². The van der Waals surface area contributed by atoms with Gasteiger partial charge in [-0.2, -0.15) is 5.10 Å². The zero-order chi connectivity index (χ0) is 18.6. The number of anilines is 1. The van der Waals surface area contributed by atoms with Crippen molar-refractivity contribution in [1.29, 1.82) is 0 Å². The first-order valence-corrected chi connectivity index (χ1v) is 9.09. The fourth-order valence-electron chi connectivity index (χ4n) is 3.50. The van der Waals surface area contributed by atoms with Gasteiger partial charge in [-0.25, -0.2) is 0 Å². The molecule has 0 atom stereocenters. The van der Waals surface area contributed by atoms with E-state index in [0.29, 0.717) is 24.1 Å². The Morgan fingerprint density at radius 1 is 1.15 bits per heavy atom. The van der Waals surface area contributed by atoms with Crippen molar-refractivity contribution in [2.45, 2.75) is 31.1 Å². The molecule has 2 N–H and O–H groups in total. The molecular weight excluding hydrogens is 340 g/mol. The summed E-state index contributed by atoms with van der Waals surface area (Å²) in [6.07, 6.45) is 6.15. The molecule has 2 aromatic heterocycles. The third-order valence-corrected chi connectivity index (χ3v) is 5.13. The second-order valence-corrected chi connectivity index (χ2v) is 6.93. The lowest BCUT2D eigenvalue weighted by atomic mass is 9.70. The first kappa shape index (κ1) is 17.3. The van der Waals surface area contributed by atoms with E-state index < -0.39 is 0 Å². The fraction of sp³-hybridized carbons (Fsp3) is 0.286. The van der Waals surface area contributed by atoms with E-state index >= 15 is 0 Å². The fourth-order valence-corrected chi connectivity index (χ4v) is 3.50. The third-order valence-electron chi connectivity index (χ3n) is 5.13. The number of aromatic amines is 1. The number of amides is 1. The van der Waals surface area contributed by atoms with Crippen molar-refractivity contribution in [3.05, 3.63) is 71.7 Å². The van der Waals surface area contributed by atoms with Crippen molar-refractivity contribution >= 4 is 11.7 Å². The van der Waals surface area contributed by atoms with Crippen LogP contribution in [0.2, 0.25) is 0 Å². The van der Waals surface area contributed by atoms with E-state index in [0.717, 1.165) is 29.8 Å². The first-order chi connectivity index (χ1) is 13.2. The molecule has 6 nitrogen and oxygen atoms in total. The van der Waals surface area contributed by atoms with Gasteiger partial charge in [0.25, 0.3) is 0 Å². The van der Waals surface area contributed by atoms with Crippen molar-refractivity contribution in [3.8, 4) is 5.75 Å². The number of methoxy groups -OCH3 is 1. The molecule has 0 unspecified atom stereocenters. The summed E-state index contributed by atoms with van der Waals surface area (Å²) in [6.45, 7) is 0. The molecule has 6 heteroatoms. The standard InChI is InChI=1S/C21H22N4O2/c1-27-18-4-2-14(3-5-18)10-21(26)23-20-13-19(24-25-20)17-11-16(12-17)15-6-8-22-9-7-15/h2-9,13,16-17H,10-12H2,1H3,(H2,23,24,25,26). The molecule has 1 aromatic carbocycles. The van der Waals surface area contributed by atoms with Gasteiger partial charge in [0.15, 0.2) is 0 Å². The maximum atomic E-state index is 12.2. The molecule has 27 heavy (non-hydrogen) atoms. The van der Waals surface area contributed by atoms with Gasteiger partial charge in [0.05, 0.1) is 19.2 Å². The van der Waals surface area contributed by atoms with Crippen LogP contribution in [0.1, 0.15) is 41.5 Å². The van der Waals surface area contributed by atoms with E-state index in [9.17, 15) is 4.79 Å². The van der Waals surface area contributed by atoms with Gasteiger partial charge in [0.2, 0.25) is 5.91 Å². The molecule has 1 amide bonds. The van der Waals surface area contributed by atoms with Crippen LogP contribution in [0.15, 0.2) is 54.9 Å². The number of ether oxygens (including phenoxy) is 1. The van der Waals surface area contributed by atoms with Crippen LogP contribution >= 0.6 is 0 Å². The highest BCUT2D eigenvalue weighted by molar-refractivity contribution is 5.91. The molecule has 1 aliphatic rings. The molecule has 0 aliphatic heterocycles. The Morgan fingerprint density at radius 2 is 1.89 bits per heavy atom. The Morgan fingerprint density at radius 3 is 2.59 bits per heavy atom. The van der Waals surface area contributed by atoms with Gasteiger partial charge in [-0.05, 0) is 54.2 Å². The molecular formula is C21H22N4O2. The number of aromatic nitrogens is 3. The minimum Gasteiger partial charge on any atom is -0.497 e. The SMILES string of the molecule is COc1ccc(CC(=O)Nc2cc(C3CC(c4ccncc4)C3)n[nH]2)cc1. The van der Waals surface area contributed by atoms with E-state index in [1.807, 2.05) is 42.7 Å². The van der Waals surface area contributed by atoms with Crippen molar-refractivity contribution < 1.29 is 9.53 Å².